The minimum atomic E-state index is -0.595. The Morgan fingerprint density at radius 2 is 2.17 bits per heavy atom. The molecule has 0 atom stereocenters. The zero-order chi connectivity index (χ0) is 12.8. The van der Waals surface area contributed by atoms with Crippen LogP contribution in [0, 0.1) is 0 Å². The van der Waals surface area contributed by atoms with Gasteiger partial charge in [0, 0.05) is 32.4 Å². The molecule has 2 heterocycles. The number of amides is 2. The van der Waals surface area contributed by atoms with E-state index in [9.17, 15) is 9.59 Å². The summed E-state index contributed by atoms with van der Waals surface area (Å²) in [4.78, 5) is 25.0. The Morgan fingerprint density at radius 3 is 2.83 bits per heavy atom. The third-order valence-corrected chi connectivity index (χ3v) is 2.66. The van der Waals surface area contributed by atoms with E-state index in [1.165, 1.54) is 0 Å². The van der Waals surface area contributed by atoms with Gasteiger partial charge in [-0.3, -0.25) is 9.59 Å². The number of nitrogens with one attached hydrogen (secondary N) is 2. The average molecular weight is 249 g/mol. The van der Waals surface area contributed by atoms with Gasteiger partial charge in [-0.1, -0.05) is 0 Å². The van der Waals surface area contributed by atoms with Crippen molar-refractivity contribution in [2.75, 3.05) is 26.2 Å². The van der Waals surface area contributed by atoms with E-state index in [0.717, 1.165) is 13.1 Å². The minimum absolute atomic E-state index is 0.213. The first-order valence-corrected chi connectivity index (χ1v) is 5.82. The van der Waals surface area contributed by atoms with E-state index < -0.39 is 11.8 Å². The molecule has 0 aromatic carbocycles. The molecule has 1 aliphatic heterocycles. The van der Waals surface area contributed by atoms with E-state index in [0.29, 0.717) is 18.8 Å². The molecule has 0 bridgehead atoms. The molecule has 0 saturated carbocycles. The summed E-state index contributed by atoms with van der Waals surface area (Å²) in [7, 11) is 0. The Bertz CT molecular complexity index is 417. The van der Waals surface area contributed by atoms with E-state index in [2.05, 4.69) is 20.8 Å². The van der Waals surface area contributed by atoms with Crippen LogP contribution >= 0.6 is 0 Å². The topological polar surface area (TPSA) is 87.2 Å². The molecule has 0 aliphatic carbocycles. The van der Waals surface area contributed by atoms with Crippen LogP contribution in [0.3, 0.4) is 0 Å². The van der Waals surface area contributed by atoms with Crippen LogP contribution in [0.4, 0.5) is 0 Å². The molecule has 7 nitrogen and oxygen atoms in total. The Kier molecular flexibility index (Phi) is 4.19. The highest BCUT2D eigenvalue weighted by molar-refractivity contribution is 6.34. The van der Waals surface area contributed by atoms with Crippen LogP contribution in [0.1, 0.15) is 5.69 Å². The first kappa shape index (κ1) is 12.4. The molecule has 1 fully saturated rings. The molecule has 0 spiro atoms. The molecule has 2 amide bonds. The highest BCUT2D eigenvalue weighted by Crippen LogP contribution is 1.95. The van der Waals surface area contributed by atoms with E-state index in [4.69, 9.17) is 0 Å². The molecule has 1 saturated heterocycles. The second-order valence-electron chi connectivity index (χ2n) is 3.94. The number of hydrogen-bond acceptors (Lipinski definition) is 5. The van der Waals surface area contributed by atoms with Crippen molar-refractivity contribution in [2.45, 2.75) is 6.54 Å². The molecule has 18 heavy (non-hydrogen) atoms. The fourth-order valence-electron chi connectivity index (χ4n) is 1.69. The average Bonchev–Trinajstić information content (AvgIpc) is 2.46. The fraction of sp³-hybridized carbons (Fsp3) is 0.455. The maximum absolute atomic E-state index is 11.8. The van der Waals surface area contributed by atoms with Crippen LogP contribution in [0.15, 0.2) is 18.3 Å². The predicted molar refractivity (Wildman–Crippen MR) is 63.3 cm³/mol. The molecule has 1 aromatic heterocycles. The van der Waals surface area contributed by atoms with Crippen LogP contribution < -0.4 is 10.6 Å². The first-order valence-electron chi connectivity index (χ1n) is 5.82. The summed E-state index contributed by atoms with van der Waals surface area (Å²) in [5.41, 5.74) is 0.624. The van der Waals surface area contributed by atoms with E-state index in [1.54, 1.807) is 23.2 Å². The number of nitrogens with zero attached hydrogens (tertiary/aromatic N) is 3. The van der Waals surface area contributed by atoms with Gasteiger partial charge in [-0.2, -0.15) is 10.2 Å². The van der Waals surface area contributed by atoms with Crippen molar-refractivity contribution in [1.82, 2.24) is 25.7 Å². The van der Waals surface area contributed by atoms with Crippen molar-refractivity contribution in [3.05, 3.63) is 24.0 Å². The maximum Gasteiger partial charge on any atom is 0.311 e. The van der Waals surface area contributed by atoms with Gasteiger partial charge >= 0.3 is 11.8 Å². The summed E-state index contributed by atoms with van der Waals surface area (Å²) in [6.07, 6.45) is 1.55. The molecule has 96 valence electrons. The second-order valence-corrected chi connectivity index (χ2v) is 3.94. The monoisotopic (exact) mass is 249 g/mol. The second kappa shape index (κ2) is 6.06. The van der Waals surface area contributed by atoms with E-state index in [1.807, 2.05) is 0 Å². The van der Waals surface area contributed by atoms with Crippen molar-refractivity contribution in [3.8, 4) is 0 Å². The summed E-state index contributed by atoms with van der Waals surface area (Å²) in [6.45, 7) is 2.80. The number of rotatable bonds is 2. The standard InChI is InChI=1S/C11H15N5O2/c17-10(11(18)16-6-4-12-5-7-16)13-8-9-2-1-3-14-15-9/h1-3,12H,4-8H2,(H,13,17). The number of hydrogen-bond donors (Lipinski definition) is 2. The third-order valence-electron chi connectivity index (χ3n) is 2.66. The lowest BCUT2D eigenvalue weighted by atomic mass is 10.3. The normalized spacial score (nSPS) is 15.2. The molecular weight excluding hydrogens is 234 g/mol. The largest absolute Gasteiger partial charge is 0.342 e. The van der Waals surface area contributed by atoms with Crippen molar-refractivity contribution < 1.29 is 9.59 Å². The van der Waals surface area contributed by atoms with Gasteiger partial charge in [-0.05, 0) is 12.1 Å². The molecular formula is C11H15N5O2. The van der Waals surface area contributed by atoms with Crippen molar-refractivity contribution >= 4 is 11.8 Å². The summed E-state index contributed by atoms with van der Waals surface area (Å²) in [5.74, 6) is -1.08. The molecule has 2 rings (SSSR count). The SMILES string of the molecule is O=C(NCc1cccnn1)C(=O)N1CCNCC1. The van der Waals surface area contributed by atoms with Gasteiger partial charge in [0.1, 0.15) is 0 Å². The zero-order valence-corrected chi connectivity index (χ0v) is 9.93. The summed E-state index contributed by atoms with van der Waals surface area (Å²) >= 11 is 0. The van der Waals surface area contributed by atoms with Crippen LogP contribution in [0.25, 0.3) is 0 Å². The Morgan fingerprint density at radius 1 is 1.39 bits per heavy atom. The van der Waals surface area contributed by atoms with Crippen LogP contribution in [0.5, 0.6) is 0 Å². The molecule has 1 aromatic rings. The molecule has 7 heteroatoms. The summed E-state index contributed by atoms with van der Waals surface area (Å²) < 4.78 is 0. The Hall–Kier alpha value is -2.02. The van der Waals surface area contributed by atoms with Gasteiger partial charge < -0.3 is 15.5 Å². The molecule has 2 N–H and O–H groups in total. The fourth-order valence-corrected chi connectivity index (χ4v) is 1.69. The van der Waals surface area contributed by atoms with Crippen LogP contribution in [-0.2, 0) is 16.1 Å². The van der Waals surface area contributed by atoms with Gasteiger partial charge in [-0.15, -0.1) is 0 Å². The van der Waals surface area contributed by atoms with E-state index in [-0.39, 0.29) is 6.54 Å². The van der Waals surface area contributed by atoms with Crippen LogP contribution in [0.2, 0.25) is 0 Å². The smallest absolute Gasteiger partial charge is 0.311 e. The number of carbonyl (C=O) groups excluding carboxylic acids is 2. The highest BCUT2D eigenvalue weighted by atomic mass is 16.2. The quantitative estimate of drug-likeness (QED) is 0.624. The Balaban J connectivity index is 1.82. The van der Waals surface area contributed by atoms with Gasteiger partial charge in [-0.25, -0.2) is 0 Å². The lowest BCUT2D eigenvalue weighted by Gasteiger charge is -2.26. The van der Waals surface area contributed by atoms with Crippen LogP contribution in [-0.4, -0.2) is 53.1 Å². The molecule has 0 radical (unpaired) electrons. The van der Waals surface area contributed by atoms with Crippen molar-refractivity contribution in [2.24, 2.45) is 0 Å². The molecule has 1 aliphatic rings. The van der Waals surface area contributed by atoms with Gasteiger partial charge in [0.2, 0.25) is 0 Å². The third kappa shape index (κ3) is 3.24. The maximum atomic E-state index is 11.8. The van der Waals surface area contributed by atoms with Crippen molar-refractivity contribution in [1.29, 1.82) is 0 Å². The highest BCUT2D eigenvalue weighted by Gasteiger charge is 2.22. The summed E-state index contributed by atoms with van der Waals surface area (Å²) in [6, 6.07) is 3.47. The Labute approximate surface area is 105 Å². The lowest BCUT2D eigenvalue weighted by Crippen LogP contribution is -2.51. The number of piperazine rings is 1. The molecule has 0 unspecified atom stereocenters. The predicted octanol–water partition coefficient (Wildman–Crippen LogP) is -1.48. The summed E-state index contributed by atoms with van der Waals surface area (Å²) in [5, 5.41) is 13.2. The van der Waals surface area contributed by atoms with E-state index >= 15 is 0 Å². The van der Waals surface area contributed by atoms with Gasteiger partial charge in [0.25, 0.3) is 0 Å². The lowest BCUT2D eigenvalue weighted by molar-refractivity contribution is -0.146. The van der Waals surface area contributed by atoms with Gasteiger partial charge in [0.15, 0.2) is 0 Å². The number of aromatic nitrogens is 2. The minimum Gasteiger partial charge on any atom is -0.342 e. The zero-order valence-electron chi connectivity index (χ0n) is 9.93. The van der Waals surface area contributed by atoms with Crippen molar-refractivity contribution in [3.63, 3.8) is 0 Å². The first-order chi connectivity index (χ1) is 8.77. The number of carbonyl (C=O) groups is 2. The van der Waals surface area contributed by atoms with Gasteiger partial charge in [0.05, 0.1) is 12.2 Å².